The first kappa shape index (κ1) is 23.3. The van der Waals surface area contributed by atoms with Crippen molar-refractivity contribution in [3.8, 4) is 0 Å². The molecule has 9 nitrogen and oxygen atoms in total. The molecule has 0 bridgehead atoms. The van der Waals surface area contributed by atoms with Gasteiger partial charge in [-0.2, -0.15) is 0 Å². The number of esters is 1. The number of carbonyl (C=O) groups excluding carboxylic acids is 1. The molecule has 0 aliphatic carbocycles. The van der Waals surface area contributed by atoms with Gasteiger partial charge in [0.1, 0.15) is 6.61 Å². The van der Waals surface area contributed by atoms with E-state index >= 15 is 0 Å². The van der Waals surface area contributed by atoms with Crippen LogP contribution in [-0.2, 0) is 25.7 Å². The van der Waals surface area contributed by atoms with Gasteiger partial charge in [-0.25, -0.2) is 9.59 Å². The minimum Gasteiger partial charge on any atom is -0.481 e. The Labute approximate surface area is 165 Å². The summed E-state index contributed by atoms with van der Waals surface area (Å²) in [5.41, 5.74) is -1.16. The molecule has 0 atom stereocenters. The van der Waals surface area contributed by atoms with Crippen LogP contribution < -0.4 is 0 Å². The fourth-order valence-corrected chi connectivity index (χ4v) is 2.09. The highest BCUT2D eigenvalue weighted by Crippen LogP contribution is 2.15. The third-order valence-electron chi connectivity index (χ3n) is 3.51. The lowest BCUT2D eigenvalue weighted by Crippen LogP contribution is -2.42. The van der Waals surface area contributed by atoms with Gasteiger partial charge >= 0.3 is 23.9 Å². The highest BCUT2D eigenvalue weighted by Gasteiger charge is 2.40. The fraction of sp³-hybridized carbons (Fsp3) is 0.200. The van der Waals surface area contributed by atoms with E-state index < -0.39 is 36.4 Å². The highest BCUT2D eigenvalue weighted by atomic mass is 16.5. The van der Waals surface area contributed by atoms with Crippen molar-refractivity contribution in [3.05, 3.63) is 71.8 Å². The van der Waals surface area contributed by atoms with Gasteiger partial charge in [-0.3, -0.25) is 9.59 Å². The minimum absolute atomic E-state index is 0.288. The van der Waals surface area contributed by atoms with E-state index in [0.717, 1.165) is 5.56 Å². The van der Waals surface area contributed by atoms with Crippen molar-refractivity contribution in [1.29, 1.82) is 0 Å². The topological polar surface area (TPSA) is 158 Å². The van der Waals surface area contributed by atoms with E-state index in [4.69, 9.17) is 25.2 Å². The molecule has 0 saturated heterocycles. The van der Waals surface area contributed by atoms with Crippen molar-refractivity contribution in [2.75, 3.05) is 0 Å². The fourth-order valence-electron chi connectivity index (χ4n) is 2.09. The molecule has 29 heavy (non-hydrogen) atoms. The molecular formula is C20H20O9. The van der Waals surface area contributed by atoms with Crippen LogP contribution in [0, 0.1) is 0 Å². The molecule has 0 heterocycles. The lowest BCUT2D eigenvalue weighted by atomic mass is 9.96. The second-order valence-corrected chi connectivity index (χ2v) is 5.91. The van der Waals surface area contributed by atoms with Gasteiger partial charge in [0.05, 0.1) is 18.4 Å². The van der Waals surface area contributed by atoms with Crippen molar-refractivity contribution in [1.82, 2.24) is 0 Å². The molecule has 4 N–H and O–H groups in total. The molecule has 0 amide bonds. The zero-order valence-corrected chi connectivity index (χ0v) is 15.2. The van der Waals surface area contributed by atoms with Gasteiger partial charge in [0, 0.05) is 0 Å². The van der Waals surface area contributed by atoms with Gasteiger partial charge in [-0.15, -0.1) is 0 Å². The Bertz CT molecular complexity index is 816. The second kappa shape index (κ2) is 11.2. The van der Waals surface area contributed by atoms with Crippen LogP contribution in [0.3, 0.4) is 0 Å². The molecule has 154 valence electrons. The minimum atomic E-state index is -2.74. The number of rotatable bonds is 8. The lowest BCUT2D eigenvalue weighted by Gasteiger charge is -2.18. The predicted molar refractivity (Wildman–Crippen MR) is 99.1 cm³/mol. The normalized spacial score (nSPS) is 10.2. The summed E-state index contributed by atoms with van der Waals surface area (Å²) < 4.78 is 5.18. The summed E-state index contributed by atoms with van der Waals surface area (Å²) in [4.78, 5) is 42.1. The first-order valence-corrected chi connectivity index (χ1v) is 8.29. The van der Waals surface area contributed by atoms with Gasteiger partial charge in [-0.1, -0.05) is 48.5 Å². The quantitative estimate of drug-likeness (QED) is 0.481. The summed E-state index contributed by atoms with van der Waals surface area (Å²) >= 11 is 0. The third-order valence-corrected chi connectivity index (χ3v) is 3.51. The zero-order chi connectivity index (χ0) is 21.9. The molecular weight excluding hydrogens is 384 g/mol. The Balaban J connectivity index is 0.000000298. The Morgan fingerprint density at radius 2 is 1.21 bits per heavy atom. The summed E-state index contributed by atoms with van der Waals surface area (Å²) in [5, 5.41) is 33.8. The van der Waals surface area contributed by atoms with Crippen molar-refractivity contribution >= 4 is 23.9 Å². The Morgan fingerprint density at radius 3 is 1.62 bits per heavy atom. The van der Waals surface area contributed by atoms with Crippen LogP contribution in [0.2, 0.25) is 0 Å². The molecule has 0 saturated carbocycles. The smallest absolute Gasteiger partial charge is 0.338 e. The molecule has 0 aliphatic heterocycles. The van der Waals surface area contributed by atoms with Crippen LogP contribution in [0.25, 0.3) is 0 Å². The Hall–Kier alpha value is -3.72. The van der Waals surface area contributed by atoms with Gasteiger partial charge in [0.25, 0.3) is 0 Å². The van der Waals surface area contributed by atoms with Crippen LogP contribution in [-0.4, -0.2) is 49.9 Å². The van der Waals surface area contributed by atoms with Crippen LogP contribution in [0.1, 0.15) is 28.8 Å². The summed E-state index contributed by atoms with van der Waals surface area (Å²) in [7, 11) is 0. The zero-order valence-electron chi connectivity index (χ0n) is 15.2. The monoisotopic (exact) mass is 404 g/mol. The summed E-state index contributed by atoms with van der Waals surface area (Å²) in [6, 6.07) is 18.6. The molecule has 2 aromatic rings. The van der Waals surface area contributed by atoms with Crippen molar-refractivity contribution in [2.24, 2.45) is 0 Å². The maximum Gasteiger partial charge on any atom is 0.338 e. The second-order valence-electron chi connectivity index (χ2n) is 5.91. The highest BCUT2D eigenvalue weighted by molar-refractivity contribution is 5.89. The third kappa shape index (κ3) is 8.67. The van der Waals surface area contributed by atoms with E-state index in [-0.39, 0.29) is 5.97 Å². The van der Waals surface area contributed by atoms with E-state index in [1.165, 1.54) is 0 Å². The number of carboxylic acids is 3. The van der Waals surface area contributed by atoms with E-state index in [9.17, 15) is 19.2 Å². The number of carbonyl (C=O) groups is 4. The molecule has 2 aromatic carbocycles. The molecule has 0 radical (unpaired) electrons. The average molecular weight is 404 g/mol. The lowest BCUT2D eigenvalue weighted by molar-refractivity contribution is -0.170. The van der Waals surface area contributed by atoms with Gasteiger partial charge in [-0.05, 0) is 17.7 Å². The van der Waals surface area contributed by atoms with Crippen molar-refractivity contribution in [2.45, 2.75) is 25.0 Å². The van der Waals surface area contributed by atoms with Crippen molar-refractivity contribution in [3.63, 3.8) is 0 Å². The standard InChI is InChI=1S/C14H12O2.C6H8O7/c15-14(13-9-5-2-6-10-13)16-11-12-7-3-1-4-8-12;7-3(8)1-6(13,5(11)12)2-4(9)10/h1-10H,11H2;13H,1-2H2,(H,7,8)(H,9,10)(H,11,12). The molecule has 9 heteroatoms. The van der Waals surface area contributed by atoms with Crippen LogP contribution in [0.4, 0.5) is 0 Å². The van der Waals surface area contributed by atoms with Crippen LogP contribution in [0.5, 0.6) is 0 Å². The molecule has 0 aliphatic rings. The van der Waals surface area contributed by atoms with E-state index in [2.05, 4.69) is 0 Å². The number of ether oxygens (including phenoxy) is 1. The average Bonchev–Trinajstić information content (AvgIpc) is 2.67. The molecule has 0 fully saturated rings. The number of hydrogen-bond donors (Lipinski definition) is 4. The Kier molecular flexibility index (Phi) is 9.00. The maximum absolute atomic E-state index is 11.6. The number of carboxylic acid groups (broad SMARTS) is 3. The van der Waals surface area contributed by atoms with Crippen molar-refractivity contribution < 1.29 is 44.3 Å². The predicted octanol–water partition coefficient (Wildman–Crippen LogP) is 1.80. The summed E-state index contributed by atoms with van der Waals surface area (Å²) in [6.07, 6.45) is -2.29. The molecule has 0 unspecified atom stereocenters. The molecule has 2 rings (SSSR count). The summed E-state index contributed by atoms with van der Waals surface area (Å²) in [6.45, 7) is 0.314. The van der Waals surface area contributed by atoms with Crippen LogP contribution in [0.15, 0.2) is 60.7 Å². The number of aliphatic hydroxyl groups is 1. The Morgan fingerprint density at radius 1 is 0.759 bits per heavy atom. The first-order valence-electron chi connectivity index (χ1n) is 8.29. The van der Waals surface area contributed by atoms with Gasteiger partial charge < -0.3 is 25.2 Å². The maximum atomic E-state index is 11.6. The SMILES string of the molecule is O=C(O)CC(O)(CC(=O)O)C(=O)O.O=C(OCc1ccccc1)c1ccccc1. The first-order chi connectivity index (χ1) is 13.6. The van der Waals surface area contributed by atoms with E-state index in [0.29, 0.717) is 12.2 Å². The number of benzene rings is 2. The van der Waals surface area contributed by atoms with Gasteiger partial charge in [0.2, 0.25) is 0 Å². The van der Waals surface area contributed by atoms with Crippen LogP contribution >= 0.6 is 0 Å². The van der Waals surface area contributed by atoms with E-state index in [1.807, 2.05) is 48.5 Å². The van der Waals surface area contributed by atoms with E-state index in [1.54, 1.807) is 12.1 Å². The summed E-state index contributed by atoms with van der Waals surface area (Å²) in [5.74, 6) is -5.31. The molecule has 0 spiro atoms. The molecule has 0 aromatic heterocycles. The largest absolute Gasteiger partial charge is 0.481 e. The number of aliphatic carboxylic acids is 3. The van der Waals surface area contributed by atoms with Gasteiger partial charge in [0.15, 0.2) is 5.60 Å². The number of hydrogen-bond acceptors (Lipinski definition) is 6.